The van der Waals surface area contributed by atoms with Gasteiger partial charge in [0.15, 0.2) is 5.84 Å². The van der Waals surface area contributed by atoms with Crippen molar-refractivity contribution in [1.82, 2.24) is 4.90 Å². The summed E-state index contributed by atoms with van der Waals surface area (Å²) < 4.78 is 5.26. The molecule has 3 N–H and O–H groups in total. The minimum absolute atomic E-state index is 0.0818. The van der Waals surface area contributed by atoms with E-state index in [1.807, 2.05) is 18.2 Å². The Bertz CT molecular complexity index is 494. The van der Waals surface area contributed by atoms with Crippen molar-refractivity contribution in [1.29, 1.82) is 0 Å². The van der Waals surface area contributed by atoms with Crippen molar-refractivity contribution in [3.63, 3.8) is 0 Å². The number of benzene rings is 1. The summed E-state index contributed by atoms with van der Waals surface area (Å²) >= 11 is 0. The second kappa shape index (κ2) is 7.31. The Morgan fingerprint density at radius 1 is 1.43 bits per heavy atom. The van der Waals surface area contributed by atoms with Gasteiger partial charge in [-0.1, -0.05) is 24.6 Å². The molecule has 116 valence electrons. The summed E-state index contributed by atoms with van der Waals surface area (Å²) in [5.74, 6) is 1.59. The molecule has 0 radical (unpaired) electrons. The molecule has 5 nitrogen and oxygen atoms in total. The highest BCUT2D eigenvalue weighted by atomic mass is 16.5. The molecule has 2 rings (SSSR count). The number of likely N-dealkylation sites (tertiary alicyclic amines) is 1. The Morgan fingerprint density at radius 3 is 2.71 bits per heavy atom. The summed E-state index contributed by atoms with van der Waals surface area (Å²) in [6.07, 6.45) is 3.84. The smallest absolute Gasteiger partial charge is 0.173 e. The van der Waals surface area contributed by atoms with Crippen LogP contribution in [0.3, 0.4) is 0 Å². The maximum Gasteiger partial charge on any atom is 0.173 e. The van der Waals surface area contributed by atoms with E-state index in [2.05, 4.69) is 17.0 Å². The molecule has 0 amide bonds. The fraction of sp³-hybridized carbons (Fsp3) is 0.562. The first-order valence-electron chi connectivity index (χ1n) is 7.55. The van der Waals surface area contributed by atoms with Crippen LogP contribution in [0, 0.1) is 5.92 Å². The summed E-state index contributed by atoms with van der Waals surface area (Å²) in [5, 5.41) is 12.0. The van der Waals surface area contributed by atoms with Gasteiger partial charge < -0.3 is 15.7 Å². The van der Waals surface area contributed by atoms with E-state index < -0.39 is 0 Å². The lowest BCUT2D eigenvalue weighted by Crippen LogP contribution is -2.33. The van der Waals surface area contributed by atoms with E-state index in [0.717, 1.165) is 31.1 Å². The van der Waals surface area contributed by atoms with Gasteiger partial charge in [0.25, 0.3) is 0 Å². The molecule has 1 aromatic carbocycles. The molecule has 5 heteroatoms. The molecule has 21 heavy (non-hydrogen) atoms. The van der Waals surface area contributed by atoms with Gasteiger partial charge >= 0.3 is 0 Å². The van der Waals surface area contributed by atoms with Crippen LogP contribution in [0.15, 0.2) is 23.4 Å². The number of hydrogen-bond donors (Lipinski definition) is 2. The molecular weight excluding hydrogens is 266 g/mol. The summed E-state index contributed by atoms with van der Waals surface area (Å²) in [4.78, 5) is 2.46. The van der Waals surface area contributed by atoms with Crippen LogP contribution in [0.2, 0.25) is 0 Å². The quantitative estimate of drug-likeness (QED) is 0.378. The third-order valence-corrected chi connectivity index (χ3v) is 4.34. The highest BCUT2D eigenvalue weighted by molar-refractivity contribution is 5.99. The molecule has 1 aromatic rings. The van der Waals surface area contributed by atoms with E-state index in [-0.39, 0.29) is 5.84 Å². The second-order valence-electron chi connectivity index (χ2n) is 5.65. The van der Waals surface area contributed by atoms with Crippen LogP contribution in [0.5, 0.6) is 5.75 Å². The SMILES string of the molecule is CCC1CCN(Cc2ccc(OC)c(C(N)=NO)c2)CC1. The molecule has 0 unspecified atom stereocenters. The van der Waals surface area contributed by atoms with E-state index in [9.17, 15) is 0 Å². The van der Waals surface area contributed by atoms with Gasteiger partial charge in [0.2, 0.25) is 0 Å². The third-order valence-electron chi connectivity index (χ3n) is 4.34. The largest absolute Gasteiger partial charge is 0.496 e. The molecule has 0 bridgehead atoms. The maximum absolute atomic E-state index is 8.87. The monoisotopic (exact) mass is 291 g/mol. The zero-order valence-electron chi connectivity index (χ0n) is 12.9. The molecule has 0 aliphatic carbocycles. The Kier molecular flexibility index (Phi) is 5.44. The highest BCUT2D eigenvalue weighted by Crippen LogP contribution is 2.24. The number of methoxy groups -OCH3 is 1. The maximum atomic E-state index is 8.87. The number of ether oxygens (including phenoxy) is 1. The Hall–Kier alpha value is -1.75. The second-order valence-corrected chi connectivity index (χ2v) is 5.65. The first kappa shape index (κ1) is 15.6. The molecular formula is C16H25N3O2. The molecule has 0 atom stereocenters. The fourth-order valence-corrected chi connectivity index (χ4v) is 2.92. The van der Waals surface area contributed by atoms with Crippen molar-refractivity contribution < 1.29 is 9.94 Å². The number of rotatable bonds is 5. The number of amidine groups is 1. The van der Waals surface area contributed by atoms with E-state index in [0.29, 0.717) is 11.3 Å². The highest BCUT2D eigenvalue weighted by Gasteiger charge is 2.18. The molecule has 1 fully saturated rings. The normalized spacial score (nSPS) is 17.9. The lowest BCUT2D eigenvalue weighted by atomic mass is 9.94. The van der Waals surface area contributed by atoms with Gasteiger partial charge in [0.1, 0.15) is 5.75 Å². The first-order chi connectivity index (χ1) is 10.2. The minimum atomic E-state index is 0.0818. The summed E-state index contributed by atoms with van der Waals surface area (Å²) in [5.41, 5.74) is 7.51. The van der Waals surface area contributed by atoms with Crippen molar-refractivity contribution in [3.05, 3.63) is 29.3 Å². The minimum Gasteiger partial charge on any atom is -0.496 e. The van der Waals surface area contributed by atoms with Gasteiger partial charge in [-0.2, -0.15) is 0 Å². The van der Waals surface area contributed by atoms with Crippen LogP contribution < -0.4 is 10.5 Å². The van der Waals surface area contributed by atoms with E-state index >= 15 is 0 Å². The number of nitrogens with zero attached hydrogens (tertiary/aromatic N) is 2. The fourth-order valence-electron chi connectivity index (χ4n) is 2.92. The van der Waals surface area contributed by atoms with Crippen molar-refractivity contribution >= 4 is 5.84 Å². The van der Waals surface area contributed by atoms with Crippen molar-refractivity contribution in [2.24, 2.45) is 16.8 Å². The number of oxime groups is 1. The van der Waals surface area contributed by atoms with Crippen LogP contribution in [-0.4, -0.2) is 36.1 Å². The van der Waals surface area contributed by atoms with Crippen LogP contribution in [0.1, 0.15) is 37.3 Å². The van der Waals surface area contributed by atoms with Gasteiger partial charge in [-0.25, -0.2) is 0 Å². The van der Waals surface area contributed by atoms with E-state index in [1.165, 1.54) is 19.3 Å². The predicted octanol–water partition coefficient (Wildman–Crippen LogP) is 2.41. The lowest BCUT2D eigenvalue weighted by molar-refractivity contribution is 0.175. The molecule has 0 aromatic heterocycles. The van der Waals surface area contributed by atoms with Gasteiger partial charge in [-0.05, 0) is 49.5 Å². The van der Waals surface area contributed by atoms with E-state index in [4.69, 9.17) is 15.7 Å². The average Bonchev–Trinajstić information content (AvgIpc) is 2.54. The molecule has 1 saturated heterocycles. The van der Waals surface area contributed by atoms with Crippen LogP contribution in [0.4, 0.5) is 0 Å². The van der Waals surface area contributed by atoms with Crippen LogP contribution in [-0.2, 0) is 6.54 Å². The molecule has 1 aliphatic rings. The first-order valence-corrected chi connectivity index (χ1v) is 7.55. The zero-order valence-corrected chi connectivity index (χ0v) is 12.9. The molecule has 0 spiro atoms. The van der Waals surface area contributed by atoms with Gasteiger partial charge in [0, 0.05) is 6.54 Å². The molecule has 0 saturated carbocycles. The third kappa shape index (κ3) is 3.88. The topological polar surface area (TPSA) is 71.1 Å². The van der Waals surface area contributed by atoms with Crippen molar-refractivity contribution in [2.75, 3.05) is 20.2 Å². The number of nitrogens with two attached hydrogens (primary N) is 1. The van der Waals surface area contributed by atoms with Crippen LogP contribution in [0.25, 0.3) is 0 Å². The predicted molar refractivity (Wildman–Crippen MR) is 83.8 cm³/mol. The van der Waals surface area contributed by atoms with Gasteiger partial charge in [0.05, 0.1) is 12.7 Å². The number of hydrogen-bond acceptors (Lipinski definition) is 4. The Balaban J connectivity index is 2.07. The Morgan fingerprint density at radius 2 is 2.14 bits per heavy atom. The summed E-state index contributed by atoms with van der Waals surface area (Å²) in [7, 11) is 1.58. The average molecular weight is 291 g/mol. The summed E-state index contributed by atoms with van der Waals surface area (Å²) in [6.45, 7) is 5.45. The van der Waals surface area contributed by atoms with E-state index in [1.54, 1.807) is 7.11 Å². The summed E-state index contributed by atoms with van der Waals surface area (Å²) in [6, 6.07) is 5.86. The Labute approximate surface area is 126 Å². The lowest BCUT2D eigenvalue weighted by Gasteiger charge is -2.31. The van der Waals surface area contributed by atoms with Crippen molar-refractivity contribution in [3.8, 4) is 5.75 Å². The molecule has 1 aliphatic heterocycles. The van der Waals surface area contributed by atoms with Gasteiger partial charge in [-0.15, -0.1) is 0 Å². The van der Waals surface area contributed by atoms with Crippen molar-refractivity contribution in [2.45, 2.75) is 32.7 Å². The standard InChI is InChI=1S/C16H25N3O2/c1-3-12-6-8-19(9-7-12)11-13-4-5-15(21-2)14(10-13)16(17)18-20/h4-5,10,12,20H,3,6-9,11H2,1-2H3,(H2,17,18). The molecule has 1 heterocycles. The van der Waals surface area contributed by atoms with Gasteiger partial charge in [-0.3, -0.25) is 4.90 Å². The zero-order chi connectivity index (χ0) is 15.2. The van der Waals surface area contributed by atoms with Crippen LogP contribution >= 0.6 is 0 Å². The number of piperidine rings is 1.